The zero-order valence-corrected chi connectivity index (χ0v) is 50.9. The minimum atomic E-state index is -1.49. The molecule has 4 aliphatic rings. The van der Waals surface area contributed by atoms with E-state index in [1.165, 1.54) is 25.1 Å². The van der Waals surface area contributed by atoms with Crippen LogP contribution in [0.4, 0.5) is 5.69 Å². The maximum Gasteiger partial charge on any atom is 0.316 e. The summed E-state index contributed by atoms with van der Waals surface area (Å²) in [6.45, 7) is 18.2. The number of ether oxygens (including phenoxy) is 10. The van der Waals surface area contributed by atoms with Crippen LogP contribution in [0.3, 0.4) is 0 Å². The third-order valence-corrected chi connectivity index (χ3v) is 18.1. The average molecular weight is 1140 g/mol. The lowest BCUT2D eigenvalue weighted by Gasteiger charge is -2.49. The fourth-order valence-corrected chi connectivity index (χ4v) is 13.1. The highest BCUT2D eigenvalue weighted by Gasteiger charge is 2.54. The number of aliphatic hydroxyl groups excluding tert-OH is 2. The molecule has 19 nitrogen and oxygen atoms in total. The van der Waals surface area contributed by atoms with Crippen LogP contribution < -0.4 is 14.4 Å². The van der Waals surface area contributed by atoms with E-state index in [-0.39, 0.29) is 67.9 Å². The molecule has 1 aromatic carbocycles. The number of cyclic esters (lactones) is 1. The smallest absolute Gasteiger partial charge is 0.316 e. The molecule has 3 aliphatic heterocycles. The third kappa shape index (κ3) is 15.6. The minimum absolute atomic E-state index is 0.0144. The van der Waals surface area contributed by atoms with Crippen LogP contribution in [0.15, 0.2) is 42.7 Å². The largest absolute Gasteiger partial charge is 0.493 e. The number of nitrogens with zero attached hydrogens (tertiary/aromatic N) is 3. The summed E-state index contributed by atoms with van der Waals surface area (Å²) in [5.41, 5.74) is -2.86. The van der Waals surface area contributed by atoms with Gasteiger partial charge in [0, 0.05) is 87.3 Å². The molecule has 0 spiro atoms. The SMILES string of the molecule is CCC1OC(=O)C(C)C(O[C@H]2CC(C)(OC)C(O)C(C)O2)C(C)[C@H](OC2OC(C)CC(N(C)C)C2O)[C@](C)(OC)CC(C)C(=O)C(C)CC1(C)OC(=O)CSCCN(C(=O)c1cccnc1)c1ccc(OC)c(OC2CCCC2)c1. The highest BCUT2D eigenvalue weighted by molar-refractivity contribution is 7.99. The number of rotatable bonds is 19. The van der Waals surface area contributed by atoms with E-state index >= 15 is 4.79 Å². The third-order valence-electron chi connectivity index (χ3n) is 17.2. The fraction of sp³-hybridized carbons (Fsp3) is 0.750. The number of carbonyl (C=O) groups excluding carboxylic acids is 4. The van der Waals surface area contributed by atoms with Crippen molar-refractivity contribution in [2.45, 2.75) is 211 Å². The molecule has 2 aromatic rings. The number of Topliss-reactive ketones (excluding diaryl/α,β-unsaturated/α-hetero) is 1. The second kappa shape index (κ2) is 28.5. The van der Waals surface area contributed by atoms with Gasteiger partial charge in [-0.1, -0.05) is 27.7 Å². The molecular weight excluding hydrogens is 1050 g/mol. The van der Waals surface area contributed by atoms with Gasteiger partial charge in [-0.05, 0) is 125 Å². The number of anilines is 1. The molecule has 450 valence electrons. The van der Waals surface area contributed by atoms with E-state index in [1.807, 2.05) is 59.7 Å². The van der Waals surface area contributed by atoms with E-state index in [1.54, 1.807) is 84.2 Å². The van der Waals surface area contributed by atoms with Gasteiger partial charge in [-0.15, -0.1) is 11.8 Å². The monoisotopic (exact) mass is 1140 g/mol. The summed E-state index contributed by atoms with van der Waals surface area (Å²) < 4.78 is 63.9. The second-order valence-electron chi connectivity index (χ2n) is 23.7. The van der Waals surface area contributed by atoms with Crippen molar-refractivity contribution >= 4 is 41.1 Å². The average Bonchev–Trinajstić information content (AvgIpc) is 3.96. The predicted molar refractivity (Wildman–Crippen MR) is 303 cm³/mol. The molecule has 20 heteroatoms. The number of likely N-dealkylation sites (N-methyl/N-ethyl adjacent to an activating group) is 1. The zero-order chi connectivity index (χ0) is 58.9. The van der Waals surface area contributed by atoms with Gasteiger partial charge in [-0.25, -0.2) is 0 Å². The zero-order valence-electron chi connectivity index (χ0n) is 50.0. The molecule has 0 radical (unpaired) electrons. The molecule has 3 saturated heterocycles. The standard InChI is InChI=1S/C60H93N3O16S/c1-16-47-58(8,79-48(64)34-80-27-26-63(55(68)41-20-19-25-61-33-41)42-23-24-45(70-13)46(29-42)75-43-21-17-18-22-43)30-35(2)50(65)36(3)31-60(10,72-15)54(78-57-51(66)44(62(11)12)28-37(4)73-57)38(5)52(39(6)56(69)76-47)77-49-32-59(9,71-14)53(67)40(7)74-49/h19-20,23-25,29,33,35-40,43-44,47,49,51-54,57,66-67H,16-18,21-22,26-28,30-32,34H2,1-15H3/t35?,36?,37?,38?,39?,40?,44?,47?,49-,51?,52?,53?,54-,57?,58?,59?,60+/m0/s1. The quantitative estimate of drug-likeness (QED) is 0.101. The van der Waals surface area contributed by atoms with Gasteiger partial charge in [0.2, 0.25) is 0 Å². The number of amides is 1. The first-order valence-electron chi connectivity index (χ1n) is 28.7. The highest BCUT2D eigenvalue weighted by atomic mass is 32.2. The lowest BCUT2D eigenvalue weighted by atomic mass is 9.74. The van der Waals surface area contributed by atoms with E-state index in [4.69, 9.17) is 47.4 Å². The molecule has 14 unspecified atom stereocenters. The molecule has 2 N–H and O–H groups in total. The summed E-state index contributed by atoms with van der Waals surface area (Å²) in [5, 5.41) is 23.0. The van der Waals surface area contributed by atoms with E-state index in [0.29, 0.717) is 34.9 Å². The maximum absolute atomic E-state index is 15.0. The van der Waals surface area contributed by atoms with Crippen molar-refractivity contribution in [1.82, 2.24) is 9.88 Å². The second-order valence-corrected chi connectivity index (χ2v) is 24.8. The number of aromatic nitrogens is 1. The molecule has 80 heavy (non-hydrogen) atoms. The summed E-state index contributed by atoms with van der Waals surface area (Å²) in [6.07, 6.45) is -0.0238. The number of benzene rings is 1. The summed E-state index contributed by atoms with van der Waals surface area (Å²) in [6, 6.07) is 8.50. The van der Waals surface area contributed by atoms with Gasteiger partial charge in [-0.2, -0.15) is 0 Å². The fourth-order valence-electron chi connectivity index (χ4n) is 12.4. The molecule has 0 bridgehead atoms. The minimum Gasteiger partial charge on any atom is -0.493 e. The van der Waals surface area contributed by atoms with Crippen molar-refractivity contribution < 1.29 is 76.8 Å². The van der Waals surface area contributed by atoms with E-state index in [0.717, 1.165) is 25.7 Å². The van der Waals surface area contributed by atoms with Crippen LogP contribution >= 0.6 is 11.8 Å². The van der Waals surface area contributed by atoms with Crippen molar-refractivity contribution in [2.24, 2.45) is 23.7 Å². The first kappa shape index (κ1) is 65.2. The first-order valence-corrected chi connectivity index (χ1v) is 29.8. The van der Waals surface area contributed by atoms with Gasteiger partial charge in [0.25, 0.3) is 5.91 Å². The lowest BCUT2D eigenvalue weighted by Crippen LogP contribution is -2.61. The van der Waals surface area contributed by atoms with Crippen LogP contribution in [0.5, 0.6) is 11.5 Å². The molecule has 1 aliphatic carbocycles. The Morgan fingerprint density at radius 1 is 0.863 bits per heavy atom. The van der Waals surface area contributed by atoms with Gasteiger partial charge in [-0.3, -0.25) is 24.2 Å². The first-order chi connectivity index (χ1) is 37.8. The van der Waals surface area contributed by atoms with Crippen molar-refractivity contribution in [3.63, 3.8) is 0 Å². The Labute approximate surface area is 479 Å². The summed E-state index contributed by atoms with van der Waals surface area (Å²) in [7, 11) is 8.41. The molecular formula is C60H93N3O16S. The number of hydrogen-bond donors (Lipinski definition) is 2. The topological polar surface area (TPSA) is 220 Å². The number of esters is 2. The maximum atomic E-state index is 15.0. The van der Waals surface area contributed by atoms with Crippen molar-refractivity contribution in [2.75, 3.05) is 58.4 Å². The van der Waals surface area contributed by atoms with Crippen molar-refractivity contribution in [1.29, 1.82) is 0 Å². The Hall–Kier alpha value is -3.96. The van der Waals surface area contributed by atoms with Crippen LogP contribution in [-0.4, -0.2) is 181 Å². The Morgan fingerprint density at radius 2 is 1.54 bits per heavy atom. The Kier molecular flexibility index (Phi) is 23.3. The summed E-state index contributed by atoms with van der Waals surface area (Å²) in [5.74, 6) is -3.52. The van der Waals surface area contributed by atoms with Crippen molar-refractivity contribution in [3.8, 4) is 11.5 Å². The molecule has 1 amide bonds. The molecule has 1 aromatic heterocycles. The molecule has 4 heterocycles. The van der Waals surface area contributed by atoms with Gasteiger partial charge in [0.05, 0.1) is 66.1 Å². The molecule has 17 atom stereocenters. The van der Waals surface area contributed by atoms with Gasteiger partial charge >= 0.3 is 11.9 Å². The number of ketones is 1. The van der Waals surface area contributed by atoms with Crippen LogP contribution in [-0.2, 0) is 52.3 Å². The van der Waals surface area contributed by atoms with E-state index in [2.05, 4.69) is 4.98 Å². The summed E-state index contributed by atoms with van der Waals surface area (Å²) in [4.78, 5) is 66.0. The Morgan fingerprint density at radius 3 is 2.15 bits per heavy atom. The number of carbonyl (C=O) groups is 4. The summed E-state index contributed by atoms with van der Waals surface area (Å²) >= 11 is 1.28. The lowest BCUT2D eigenvalue weighted by molar-refractivity contribution is -0.319. The van der Waals surface area contributed by atoms with Gasteiger partial charge < -0.3 is 67.4 Å². The number of hydrogen-bond acceptors (Lipinski definition) is 19. The van der Waals surface area contributed by atoms with E-state index < -0.39 is 102 Å². The number of aliphatic hydroxyl groups is 2. The van der Waals surface area contributed by atoms with Crippen molar-refractivity contribution in [3.05, 3.63) is 48.3 Å². The van der Waals surface area contributed by atoms with Crippen LogP contribution in [0.2, 0.25) is 0 Å². The predicted octanol–water partition coefficient (Wildman–Crippen LogP) is 7.83. The number of thioether (sulfide) groups is 1. The molecule has 1 saturated carbocycles. The normalized spacial score (nSPS) is 36.0. The molecule has 6 rings (SSSR count). The van der Waals surface area contributed by atoms with E-state index in [9.17, 15) is 24.6 Å². The number of pyridine rings is 1. The van der Waals surface area contributed by atoms with Crippen LogP contribution in [0, 0.1) is 23.7 Å². The van der Waals surface area contributed by atoms with Gasteiger partial charge in [0.1, 0.15) is 29.7 Å². The molecule has 4 fully saturated rings. The Balaban J connectivity index is 1.29. The van der Waals surface area contributed by atoms with Gasteiger partial charge in [0.15, 0.2) is 24.1 Å². The van der Waals surface area contributed by atoms with Crippen LogP contribution in [0.1, 0.15) is 137 Å². The Bertz CT molecular complexity index is 2350. The number of methoxy groups -OCH3 is 3. The highest BCUT2D eigenvalue weighted by Crippen LogP contribution is 2.43. The van der Waals surface area contributed by atoms with Crippen LogP contribution in [0.25, 0.3) is 0 Å².